The SMILES string of the molecule is Cc1c(Cl)ccc2c(C(=O)Nc3nnc(-c4ccco4)o3)cc(-c3ccco3)nc12. The van der Waals surface area contributed by atoms with Crippen LogP contribution in [-0.2, 0) is 0 Å². The second-order valence-corrected chi connectivity index (χ2v) is 6.85. The van der Waals surface area contributed by atoms with Crippen molar-refractivity contribution in [3.8, 4) is 23.1 Å². The van der Waals surface area contributed by atoms with Crippen molar-refractivity contribution in [3.05, 3.63) is 71.1 Å². The molecule has 0 saturated carbocycles. The van der Waals surface area contributed by atoms with Crippen molar-refractivity contribution in [2.24, 2.45) is 0 Å². The fraction of sp³-hybridized carbons (Fsp3) is 0.0476. The number of fused-ring (bicyclic) bond motifs is 1. The molecule has 1 aromatic carbocycles. The maximum Gasteiger partial charge on any atom is 0.322 e. The number of halogens is 1. The third-order valence-corrected chi connectivity index (χ3v) is 4.97. The molecule has 1 amide bonds. The summed E-state index contributed by atoms with van der Waals surface area (Å²) in [5, 5.41) is 11.6. The summed E-state index contributed by atoms with van der Waals surface area (Å²) < 4.78 is 16.2. The standard InChI is InChI=1S/C21H13ClN4O4/c1-11-14(22)7-6-12-13(10-15(23-18(11)12)16-4-2-8-28-16)19(27)24-21-26-25-20(30-21)17-5-3-9-29-17/h2-10H,1H3,(H,24,26,27). The lowest BCUT2D eigenvalue weighted by atomic mass is 10.0. The number of benzene rings is 1. The Kier molecular flexibility index (Phi) is 4.33. The van der Waals surface area contributed by atoms with Gasteiger partial charge in [0.15, 0.2) is 11.5 Å². The number of rotatable bonds is 4. The predicted octanol–water partition coefficient (Wildman–Crippen LogP) is 5.35. The molecule has 0 saturated heterocycles. The van der Waals surface area contributed by atoms with Gasteiger partial charge in [0.2, 0.25) is 0 Å². The summed E-state index contributed by atoms with van der Waals surface area (Å²) in [6, 6.07) is 12.0. The van der Waals surface area contributed by atoms with E-state index in [9.17, 15) is 4.79 Å². The summed E-state index contributed by atoms with van der Waals surface area (Å²) in [6.45, 7) is 1.85. The van der Waals surface area contributed by atoms with Crippen LogP contribution in [0.25, 0.3) is 34.0 Å². The Morgan fingerprint density at radius 2 is 1.80 bits per heavy atom. The molecule has 1 N–H and O–H groups in total. The molecule has 4 heterocycles. The molecule has 4 aromatic heterocycles. The van der Waals surface area contributed by atoms with Crippen LogP contribution in [0.1, 0.15) is 15.9 Å². The summed E-state index contributed by atoms with van der Waals surface area (Å²) >= 11 is 6.27. The molecule has 5 rings (SSSR count). The zero-order valence-corrected chi connectivity index (χ0v) is 16.3. The fourth-order valence-electron chi connectivity index (χ4n) is 3.08. The monoisotopic (exact) mass is 420 g/mol. The molecule has 0 unspecified atom stereocenters. The molecule has 0 atom stereocenters. The highest BCUT2D eigenvalue weighted by atomic mass is 35.5. The van der Waals surface area contributed by atoms with Gasteiger partial charge in [0.05, 0.1) is 23.6 Å². The molecule has 0 fully saturated rings. The first-order valence-electron chi connectivity index (χ1n) is 8.92. The second kappa shape index (κ2) is 7.16. The van der Waals surface area contributed by atoms with Gasteiger partial charge in [0, 0.05) is 10.4 Å². The number of anilines is 1. The summed E-state index contributed by atoms with van der Waals surface area (Å²) in [5.41, 5.74) is 2.23. The first-order valence-corrected chi connectivity index (χ1v) is 9.30. The van der Waals surface area contributed by atoms with Crippen LogP contribution in [0.5, 0.6) is 0 Å². The Morgan fingerprint density at radius 3 is 2.53 bits per heavy atom. The molecule has 9 heteroatoms. The Bertz CT molecular complexity index is 1360. The minimum Gasteiger partial charge on any atom is -0.463 e. The van der Waals surface area contributed by atoms with Gasteiger partial charge in [-0.15, -0.1) is 5.10 Å². The summed E-state index contributed by atoms with van der Waals surface area (Å²) in [5.74, 6) is 0.659. The number of hydrogen-bond donors (Lipinski definition) is 1. The highest BCUT2D eigenvalue weighted by Gasteiger charge is 2.20. The average molecular weight is 421 g/mol. The van der Waals surface area contributed by atoms with Crippen LogP contribution in [0, 0.1) is 6.92 Å². The number of carbonyl (C=O) groups excluding carboxylic acids is 1. The van der Waals surface area contributed by atoms with Gasteiger partial charge in [-0.25, -0.2) is 4.98 Å². The third-order valence-electron chi connectivity index (χ3n) is 4.56. The lowest BCUT2D eigenvalue weighted by Gasteiger charge is -2.10. The maximum absolute atomic E-state index is 13.1. The van der Waals surface area contributed by atoms with Crippen LogP contribution < -0.4 is 5.32 Å². The van der Waals surface area contributed by atoms with E-state index in [0.29, 0.717) is 38.7 Å². The Balaban J connectivity index is 1.57. The molecule has 8 nitrogen and oxygen atoms in total. The second-order valence-electron chi connectivity index (χ2n) is 6.44. The van der Waals surface area contributed by atoms with E-state index in [2.05, 4.69) is 20.5 Å². The van der Waals surface area contributed by atoms with E-state index in [1.54, 1.807) is 48.7 Å². The highest BCUT2D eigenvalue weighted by Crippen LogP contribution is 2.31. The molecule has 0 aliphatic rings. The maximum atomic E-state index is 13.1. The van der Waals surface area contributed by atoms with Crippen molar-refractivity contribution < 1.29 is 18.0 Å². The Labute approximate surface area is 174 Å². The molecule has 0 aliphatic heterocycles. The van der Waals surface area contributed by atoms with Crippen LogP contribution >= 0.6 is 11.6 Å². The number of amides is 1. The highest BCUT2D eigenvalue weighted by molar-refractivity contribution is 6.32. The van der Waals surface area contributed by atoms with Crippen LogP contribution in [0.4, 0.5) is 6.01 Å². The summed E-state index contributed by atoms with van der Waals surface area (Å²) in [4.78, 5) is 17.7. The molecule has 0 radical (unpaired) electrons. The van der Waals surface area contributed by atoms with Crippen LogP contribution in [0.2, 0.25) is 5.02 Å². The van der Waals surface area contributed by atoms with Crippen LogP contribution in [0.15, 0.2) is 68.2 Å². The van der Waals surface area contributed by atoms with Crippen LogP contribution in [0.3, 0.4) is 0 Å². The van der Waals surface area contributed by atoms with Crippen molar-refractivity contribution in [3.63, 3.8) is 0 Å². The van der Waals surface area contributed by atoms with Gasteiger partial charge >= 0.3 is 6.01 Å². The lowest BCUT2D eigenvalue weighted by Crippen LogP contribution is -2.13. The molecule has 0 spiro atoms. The molecule has 0 aliphatic carbocycles. The van der Waals surface area contributed by atoms with Gasteiger partial charge in [-0.1, -0.05) is 22.8 Å². The number of pyridine rings is 1. The summed E-state index contributed by atoms with van der Waals surface area (Å²) in [7, 11) is 0. The third kappa shape index (κ3) is 3.13. The summed E-state index contributed by atoms with van der Waals surface area (Å²) in [6.07, 6.45) is 3.03. The van der Waals surface area contributed by atoms with Gasteiger partial charge in [0.1, 0.15) is 5.69 Å². The first-order chi connectivity index (χ1) is 14.6. The minimum atomic E-state index is -0.438. The van der Waals surface area contributed by atoms with Crippen molar-refractivity contribution >= 4 is 34.4 Å². The zero-order valence-electron chi connectivity index (χ0n) is 15.5. The topological polar surface area (TPSA) is 107 Å². The van der Waals surface area contributed by atoms with E-state index in [-0.39, 0.29) is 11.9 Å². The number of nitrogens with zero attached hydrogens (tertiary/aromatic N) is 3. The van der Waals surface area contributed by atoms with Gasteiger partial charge in [-0.3, -0.25) is 10.1 Å². The molecular formula is C21H13ClN4O4. The lowest BCUT2D eigenvalue weighted by molar-refractivity contribution is 0.102. The van der Waals surface area contributed by atoms with Gasteiger partial charge in [0.25, 0.3) is 11.8 Å². The number of hydrogen-bond acceptors (Lipinski definition) is 7. The van der Waals surface area contributed by atoms with Crippen LogP contribution in [-0.4, -0.2) is 21.1 Å². The van der Waals surface area contributed by atoms with E-state index in [1.807, 2.05) is 6.92 Å². The fourth-order valence-corrected chi connectivity index (χ4v) is 3.23. The van der Waals surface area contributed by atoms with Crippen molar-refractivity contribution in [2.45, 2.75) is 6.92 Å². The molecule has 0 bridgehead atoms. The normalized spacial score (nSPS) is 11.1. The number of aryl methyl sites for hydroxylation is 1. The molecule has 30 heavy (non-hydrogen) atoms. The quantitative estimate of drug-likeness (QED) is 0.417. The molecular weight excluding hydrogens is 408 g/mol. The van der Waals surface area contributed by atoms with Gasteiger partial charge in [-0.05, 0) is 48.9 Å². The van der Waals surface area contributed by atoms with E-state index in [0.717, 1.165) is 5.56 Å². The van der Waals surface area contributed by atoms with E-state index >= 15 is 0 Å². The van der Waals surface area contributed by atoms with Gasteiger partial charge in [-0.2, -0.15) is 0 Å². The predicted molar refractivity (Wildman–Crippen MR) is 109 cm³/mol. The Hall–Kier alpha value is -3.91. The van der Waals surface area contributed by atoms with Gasteiger partial charge < -0.3 is 13.3 Å². The van der Waals surface area contributed by atoms with Crippen molar-refractivity contribution in [1.29, 1.82) is 0 Å². The number of furan rings is 2. The smallest absolute Gasteiger partial charge is 0.322 e. The Morgan fingerprint density at radius 1 is 1.03 bits per heavy atom. The molecule has 148 valence electrons. The van der Waals surface area contributed by atoms with E-state index in [4.69, 9.17) is 24.9 Å². The molecule has 5 aromatic rings. The average Bonchev–Trinajstić information content (AvgIpc) is 3.52. The number of aromatic nitrogens is 3. The largest absolute Gasteiger partial charge is 0.463 e. The van der Waals surface area contributed by atoms with Crippen molar-refractivity contribution in [1.82, 2.24) is 15.2 Å². The first kappa shape index (κ1) is 18.1. The van der Waals surface area contributed by atoms with E-state index in [1.165, 1.54) is 6.26 Å². The minimum absolute atomic E-state index is 0.0541. The zero-order chi connectivity index (χ0) is 20.7. The number of carbonyl (C=O) groups is 1. The van der Waals surface area contributed by atoms with E-state index < -0.39 is 5.91 Å². The number of nitrogens with one attached hydrogen (secondary N) is 1. The van der Waals surface area contributed by atoms with Crippen molar-refractivity contribution in [2.75, 3.05) is 5.32 Å².